The van der Waals surface area contributed by atoms with Gasteiger partial charge in [0.1, 0.15) is 6.04 Å². The fourth-order valence-corrected chi connectivity index (χ4v) is 3.40. The fourth-order valence-electron chi connectivity index (χ4n) is 1.93. The zero-order valence-electron chi connectivity index (χ0n) is 11.1. The van der Waals surface area contributed by atoms with E-state index >= 15 is 0 Å². The lowest BCUT2D eigenvalue weighted by Crippen LogP contribution is -2.48. The molecule has 0 radical (unpaired) electrons. The zero-order chi connectivity index (χ0) is 14.6. The third-order valence-corrected chi connectivity index (χ3v) is 5.22. The second kappa shape index (κ2) is 6.33. The second-order valence-electron chi connectivity index (χ2n) is 4.77. The van der Waals surface area contributed by atoms with Gasteiger partial charge >= 0.3 is 5.97 Å². The number of hydrogen-bond donors (Lipinski definition) is 2. The van der Waals surface area contributed by atoms with Crippen molar-refractivity contribution < 1.29 is 23.1 Å². The molecule has 2 unspecified atom stereocenters. The molecule has 2 N–H and O–H groups in total. The Hall–Kier alpha value is -1.15. The van der Waals surface area contributed by atoms with E-state index in [2.05, 4.69) is 5.32 Å². The molecule has 1 rings (SSSR count). The molecule has 19 heavy (non-hydrogen) atoms. The summed E-state index contributed by atoms with van der Waals surface area (Å²) in [5, 5.41) is 11.4. The Morgan fingerprint density at radius 1 is 1.42 bits per heavy atom. The van der Waals surface area contributed by atoms with E-state index < -0.39 is 27.9 Å². The summed E-state index contributed by atoms with van der Waals surface area (Å²) in [6.45, 7) is 3.57. The molecule has 0 saturated carbocycles. The van der Waals surface area contributed by atoms with E-state index in [0.717, 1.165) is 4.31 Å². The number of rotatable bonds is 6. The molecule has 1 aliphatic rings. The summed E-state index contributed by atoms with van der Waals surface area (Å²) in [7, 11) is -3.34. The van der Waals surface area contributed by atoms with Crippen molar-refractivity contribution >= 4 is 21.9 Å². The van der Waals surface area contributed by atoms with Gasteiger partial charge in [-0.2, -0.15) is 4.31 Å². The van der Waals surface area contributed by atoms with E-state index in [1.54, 1.807) is 6.92 Å². The summed E-state index contributed by atoms with van der Waals surface area (Å²) in [6.07, 6.45) is 1.11. The van der Waals surface area contributed by atoms with E-state index in [0.29, 0.717) is 19.4 Å². The normalized spacial score (nSPS) is 21.8. The summed E-state index contributed by atoms with van der Waals surface area (Å²) in [6, 6.07) is -0.984. The summed E-state index contributed by atoms with van der Waals surface area (Å²) in [5.41, 5.74) is 0. The van der Waals surface area contributed by atoms with Gasteiger partial charge in [0.25, 0.3) is 0 Å². The third kappa shape index (κ3) is 4.17. The molecule has 1 amide bonds. The number of carboxylic acids is 1. The lowest BCUT2D eigenvalue weighted by molar-refractivity contribution is -0.143. The number of nitrogens with one attached hydrogen (secondary N) is 1. The van der Waals surface area contributed by atoms with Gasteiger partial charge in [-0.1, -0.05) is 20.3 Å². The first-order chi connectivity index (χ1) is 8.77. The van der Waals surface area contributed by atoms with Crippen molar-refractivity contribution in [1.82, 2.24) is 9.62 Å². The van der Waals surface area contributed by atoms with Crippen LogP contribution in [0.3, 0.4) is 0 Å². The number of hydrogen-bond acceptors (Lipinski definition) is 4. The molecule has 1 heterocycles. The Bertz CT molecular complexity index is 448. The van der Waals surface area contributed by atoms with Crippen molar-refractivity contribution in [1.29, 1.82) is 0 Å². The molecule has 0 bridgehead atoms. The lowest BCUT2D eigenvalue weighted by atomic mass is 9.99. The number of aliphatic carboxylic acids is 1. The Morgan fingerprint density at radius 3 is 2.47 bits per heavy atom. The van der Waals surface area contributed by atoms with Gasteiger partial charge in [0, 0.05) is 6.54 Å². The van der Waals surface area contributed by atoms with Gasteiger partial charge in [-0.3, -0.25) is 4.79 Å². The minimum Gasteiger partial charge on any atom is -0.480 e. The Morgan fingerprint density at radius 2 is 2.05 bits per heavy atom. The largest absolute Gasteiger partial charge is 0.480 e. The Kier molecular flexibility index (Phi) is 5.30. The molecule has 110 valence electrons. The summed E-state index contributed by atoms with van der Waals surface area (Å²) < 4.78 is 24.2. The first-order valence-electron chi connectivity index (χ1n) is 6.28. The average Bonchev–Trinajstić information content (AvgIpc) is 2.64. The van der Waals surface area contributed by atoms with E-state index in [9.17, 15) is 18.0 Å². The van der Waals surface area contributed by atoms with Crippen LogP contribution in [0.2, 0.25) is 0 Å². The van der Waals surface area contributed by atoms with Gasteiger partial charge in [-0.05, 0) is 12.3 Å². The number of sulfonamides is 1. The molecule has 0 aromatic heterocycles. The highest BCUT2D eigenvalue weighted by atomic mass is 32.2. The number of amides is 1. The highest BCUT2D eigenvalue weighted by Crippen LogP contribution is 2.13. The molecule has 0 aromatic rings. The minimum atomic E-state index is -3.34. The quantitative estimate of drug-likeness (QED) is 0.695. The summed E-state index contributed by atoms with van der Waals surface area (Å²) >= 11 is 0. The van der Waals surface area contributed by atoms with Gasteiger partial charge in [0.15, 0.2) is 0 Å². The highest BCUT2D eigenvalue weighted by molar-refractivity contribution is 7.89. The fraction of sp³-hybridized carbons (Fsp3) is 0.818. The number of carboxylic acid groups (broad SMARTS) is 1. The monoisotopic (exact) mass is 292 g/mol. The zero-order valence-corrected chi connectivity index (χ0v) is 11.9. The maximum absolute atomic E-state index is 11.7. The number of carbonyl (C=O) groups excluding carboxylic acids is 1. The molecular formula is C11H20N2O5S. The molecule has 1 aliphatic heterocycles. The van der Waals surface area contributed by atoms with Crippen molar-refractivity contribution in [2.75, 3.05) is 18.8 Å². The van der Waals surface area contributed by atoms with Crippen molar-refractivity contribution in [3.63, 3.8) is 0 Å². The standard InChI is InChI=1S/C11H20N2O5S/c1-3-8(2)10(11(15)16)12-9(14)7-13-5-4-6-19(13,17)18/h8,10H,3-7H2,1-2H3,(H,12,14)(H,15,16). The van der Waals surface area contributed by atoms with Crippen molar-refractivity contribution in [3.8, 4) is 0 Å². The second-order valence-corrected chi connectivity index (χ2v) is 6.86. The highest BCUT2D eigenvalue weighted by Gasteiger charge is 2.32. The van der Waals surface area contributed by atoms with Crippen LogP contribution in [0, 0.1) is 5.92 Å². The van der Waals surface area contributed by atoms with Gasteiger partial charge < -0.3 is 10.4 Å². The molecule has 0 aliphatic carbocycles. The third-order valence-electron chi connectivity index (χ3n) is 3.32. The summed E-state index contributed by atoms with van der Waals surface area (Å²) in [4.78, 5) is 22.8. The molecule has 0 aromatic carbocycles. The SMILES string of the molecule is CCC(C)C(NC(=O)CN1CCCS1(=O)=O)C(=O)O. The first-order valence-corrected chi connectivity index (χ1v) is 7.89. The van der Waals surface area contributed by atoms with Gasteiger partial charge in [0.2, 0.25) is 15.9 Å². The maximum atomic E-state index is 11.7. The van der Waals surface area contributed by atoms with Crippen LogP contribution in [0.25, 0.3) is 0 Å². The smallest absolute Gasteiger partial charge is 0.326 e. The van der Waals surface area contributed by atoms with E-state index in [4.69, 9.17) is 5.11 Å². The predicted octanol–water partition coefficient (Wildman–Crippen LogP) is -0.363. The van der Waals surface area contributed by atoms with E-state index in [1.807, 2.05) is 6.92 Å². The molecule has 1 saturated heterocycles. The van der Waals surface area contributed by atoms with Crippen LogP contribution in [0.15, 0.2) is 0 Å². The van der Waals surface area contributed by atoms with Gasteiger partial charge in [-0.25, -0.2) is 13.2 Å². The van der Waals surface area contributed by atoms with Crippen LogP contribution < -0.4 is 5.32 Å². The van der Waals surface area contributed by atoms with Gasteiger partial charge in [0.05, 0.1) is 12.3 Å². The number of carbonyl (C=O) groups is 2. The number of nitrogens with zero attached hydrogens (tertiary/aromatic N) is 1. The van der Waals surface area contributed by atoms with Crippen molar-refractivity contribution in [2.45, 2.75) is 32.7 Å². The van der Waals surface area contributed by atoms with Crippen LogP contribution >= 0.6 is 0 Å². The van der Waals surface area contributed by atoms with E-state index in [1.165, 1.54) is 0 Å². The minimum absolute atomic E-state index is 0.0496. The molecule has 7 nitrogen and oxygen atoms in total. The molecule has 8 heteroatoms. The van der Waals surface area contributed by atoms with Crippen LogP contribution in [0.1, 0.15) is 26.7 Å². The van der Waals surface area contributed by atoms with Crippen molar-refractivity contribution in [2.24, 2.45) is 5.92 Å². The summed E-state index contributed by atoms with van der Waals surface area (Å²) in [5.74, 6) is -1.84. The van der Waals surface area contributed by atoms with Gasteiger partial charge in [-0.15, -0.1) is 0 Å². The molecule has 1 fully saturated rings. The maximum Gasteiger partial charge on any atom is 0.326 e. The van der Waals surface area contributed by atoms with Crippen LogP contribution in [-0.2, 0) is 19.6 Å². The van der Waals surface area contributed by atoms with Crippen LogP contribution in [-0.4, -0.2) is 54.6 Å². The first kappa shape index (κ1) is 15.9. The average molecular weight is 292 g/mol. The lowest BCUT2D eigenvalue weighted by Gasteiger charge is -2.21. The van der Waals surface area contributed by atoms with Crippen LogP contribution in [0.4, 0.5) is 0 Å². The Labute approximate surface area is 113 Å². The molecule has 2 atom stereocenters. The van der Waals surface area contributed by atoms with E-state index in [-0.39, 0.29) is 18.2 Å². The Balaban J connectivity index is 2.61. The van der Waals surface area contributed by atoms with Crippen LogP contribution in [0.5, 0.6) is 0 Å². The topological polar surface area (TPSA) is 104 Å². The van der Waals surface area contributed by atoms with Crippen molar-refractivity contribution in [3.05, 3.63) is 0 Å². The predicted molar refractivity (Wildman–Crippen MR) is 69.0 cm³/mol. The molecule has 0 spiro atoms. The molecular weight excluding hydrogens is 272 g/mol.